The zero-order valence-corrected chi connectivity index (χ0v) is 24.7. The van der Waals surface area contributed by atoms with Crippen molar-refractivity contribution in [2.75, 3.05) is 20.8 Å². The standard InChI is InChI=1S/C26H29NO12S2/c1-12(28)35-11-19-21(36-13(2)29)22(37-14(3)30)23(38-15(4)31)25(39-19)27-24(32)20(41-26(27)40)10-16-9-17(33-5)7-8-18(16)34-6/h7-10,19,21-23,25H,11H2,1-6H3/b20-10-/t19-,21+,22+,23+,25-/m1/s1. The number of hydrogen-bond donors (Lipinski definition) is 0. The van der Waals surface area contributed by atoms with E-state index in [0.717, 1.165) is 44.4 Å². The predicted molar refractivity (Wildman–Crippen MR) is 147 cm³/mol. The number of rotatable bonds is 9. The molecule has 0 radical (unpaired) electrons. The molecule has 2 heterocycles. The minimum atomic E-state index is -1.48. The van der Waals surface area contributed by atoms with Gasteiger partial charge >= 0.3 is 23.9 Å². The van der Waals surface area contributed by atoms with E-state index in [2.05, 4.69) is 0 Å². The van der Waals surface area contributed by atoms with Gasteiger partial charge in [-0.1, -0.05) is 24.0 Å². The van der Waals surface area contributed by atoms with Crippen LogP contribution in [0.25, 0.3) is 6.08 Å². The topological polar surface area (TPSA) is 153 Å². The zero-order chi connectivity index (χ0) is 30.4. The third-order valence-corrected chi connectivity index (χ3v) is 7.10. The van der Waals surface area contributed by atoms with E-state index in [1.807, 2.05) is 0 Å². The molecule has 0 aliphatic carbocycles. The van der Waals surface area contributed by atoms with E-state index in [4.69, 9.17) is 45.4 Å². The molecule has 0 saturated carbocycles. The van der Waals surface area contributed by atoms with Crippen LogP contribution in [0, 0.1) is 0 Å². The van der Waals surface area contributed by atoms with Crippen molar-refractivity contribution in [3.63, 3.8) is 0 Å². The van der Waals surface area contributed by atoms with Crippen LogP contribution >= 0.6 is 24.0 Å². The van der Waals surface area contributed by atoms with Crippen LogP contribution in [0.2, 0.25) is 0 Å². The highest BCUT2D eigenvalue weighted by atomic mass is 32.2. The molecule has 2 aliphatic heterocycles. The summed E-state index contributed by atoms with van der Waals surface area (Å²) in [6.07, 6.45) is -5.45. The summed E-state index contributed by atoms with van der Waals surface area (Å²) in [6, 6.07) is 5.03. The first-order valence-electron chi connectivity index (χ1n) is 12.2. The monoisotopic (exact) mass is 611 g/mol. The van der Waals surface area contributed by atoms with Crippen LogP contribution in [0.5, 0.6) is 11.5 Å². The van der Waals surface area contributed by atoms with Gasteiger partial charge in [0.2, 0.25) is 0 Å². The number of benzene rings is 1. The van der Waals surface area contributed by atoms with E-state index in [0.29, 0.717) is 17.1 Å². The Kier molecular flexibility index (Phi) is 10.7. The zero-order valence-electron chi connectivity index (χ0n) is 23.1. The van der Waals surface area contributed by atoms with Gasteiger partial charge in [0.05, 0.1) is 19.1 Å². The van der Waals surface area contributed by atoms with Gasteiger partial charge in [0.25, 0.3) is 5.91 Å². The Balaban J connectivity index is 2.08. The molecule has 13 nitrogen and oxygen atoms in total. The Hall–Kier alpha value is -3.69. The van der Waals surface area contributed by atoms with Crippen molar-refractivity contribution in [1.29, 1.82) is 0 Å². The Morgan fingerprint density at radius 1 is 0.927 bits per heavy atom. The molecule has 0 unspecified atom stereocenters. The van der Waals surface area contributed by atoms with Crippen molar-refractivity contribution in [2.24, 2.45) is 0 Å². The molecule has 0 N–H and O–H groups in total. The van der Waals surface area contributed by atoms with E-state index >= 15 is 0 Å². The van der Waals surface area contributed by atoms with E-state index in [1.165, 1.54) is 14.2 Å². The van der Waals surface area contributed by atoms with Gasteiger partial charge in [-0.3, -0.25) is 28.9 Å². The largest absolute Gasteiger partial charge is 0.497 e. The summed E-state index contributed by atoms with van der Waals surface area (Å²) < 4.78 is 38.2. The van der Waals surface area contributed by atoms with Crippen LogP contribution in [-0.2, 0) is 47.7 Å². The second-order valence-corrected chi connectivity index (χ2v) is 10.4. The number of nitrogens with zero attached hydrogens (tertiary/aromatic N) is 1. The molecule has 2 aliphatic rings. The number of thioether (sulfide) groups is 1. The van der Waals surface area contributed by atoms with Crippen molar-refractivity contribution in [2.45, 2.75) is 58.3 Å². The summed E-state index contributed by atoms with van der Waals surface area (Å²) in [5.41, 5.74) is 0.522. The first kappa shape index (κ1) is 31.8. The van der Waals surface area contributed by atoms with Crippen LogP contribution in [0.3, 0.4) is 0 Å². The molecule has 1 aromatic carbocycles. The summed E-state index contributed by atoms with van der Waals surface area (Å²) in [6.45, 7) is 4.03. The molecule has 0 bridgehead atoms. The highest BCUT2D eigenvalue weighted by molar-refractivity contribution is 8.26. The predicted octanol–water partition coefficient (Wildman–Crippen LogP) is 1.99. The van der Waals surface area contributed by atoms with E-state index in [-0.39, 0.29) is 9.23 Å². The summed E-state index contributed by atoms with van der Waals surface area (Å²) in [7, 11) is 2.97. The molecule has 2 saturated heterocycles. The Labute approximate surface area is 245 Å². The molecular weight excluding hydrogens is 582 g/mol. The smallest absolute Gasteiger partial charge is 0.303 e. The Morgan fingerprint density at radius 2 is 1.54 bits per heavy atom. The van der Waals surface area contributed by atoms with E-state index in [9.17, 15) is 24.0 Å². The molecular formula is C26H29NO12S2. The van der Waals surface area contributed by atoms with Gasteiger partial charge in [-0.15, -0.1) is 0 Å². The Morgan fingerprint density at radius 3 is 2.10 bits per heavy atom. The number of esters is 4. The highest BCUT2D eigenvalue weighted by Gasteiger charge is 2.56. The quantitative estimate of drug-likeness (QED) is 0.173. The number of thiocarbonyl (C=S) groups is 1. The molecule has 1 amide bonds. The average molecular weight is 612 g/mol. The molecule has 0 spiro atoms. The van der Waals surface area contributed by atoms with Gasteiger partial charge in [0.15, 0.2) is 28.9 Å². The third-order valence-electron chi connectivity index (χ3n) is 5.77. The first-order valence-corrected chi connectivity index (χ1v) is 13.4. The second-order valence-electron chi connectivity index (χ2n) is 8.75. The van der Waals surface area contributed by atoms with Crippen LogP contribution in [0.15, 0.2) is 23.1 Å². The van der Waals surface area contributed by atoms with Crippen molar-refractivity contribution < 1.29 is 57.1 Å². The van der Waals surface area contributed by atoms with Gasteiger partial charge in [-0.2, -0.15) is 0 Å². The lowest BCUT2D eigenvalue weighted by molar-refractivity contribution is -0.268. The molecule has 15 heteroatoms. The van der Waals surface area contributed by atoms with Crippen molar-refractivity contribution in [1.82, 2.24) is 4.90 Å². The summed E-state index contributed by atoms with van der Waals surface area (Å²) in [4.78, 5) is 62.8. The lowest BCUT2D eigenvalue weighted by Gasteiger charge is -2.46. The molecule has 5 atom stereocenters. The van der Waals surface area contributed by atoms with Gasteiger partial charge in [-0.25, -0.2) is 0 Å². The number of hydrogen-bond acceptors (Lipinski definition) is 14. The summed E-state index contributed by atoms with van der Waals surface area (Å²) in [5, 5.41) is 0. The van der Waals surface area contributed by atoms with Crippen LogP contribution in [-0.4, -0.2) is 90.5 Å². The normalized spacial score (nSPS) is 25.0. The van der Waals surface area contributed by atoms with Crippen molar-refractivity contribution in [3.05, 3.63) is 28.7 Å². The third kappa shape index (κ3) is 7.74. The minimum Gasteiger partial charge on any atom is -0.497 e. The fraction of sp³-hybridized carbons (Fsp3) is 0.462. The number of ether oxygens (including phenoxy) is 7. The molecule has 0 aromatic heterocycles. The molecule has 1 aromatic rings. The minimum absolute atomic E-state index is 0.0315. The SMILES string of the molecule is COc1ccc(OC)c(/C=C2\SC(=S)N([C@@H]3O[C@H](COC(C)=O)[C@H](OC(C)=O)[C@H](OC(C)=O)[C@@H]3OC(C)=O)C2=O)c1. The van der Waals surface area contributed by atoms with Crippen molar-refractivity contribution >= 4 is 64.2 Å². The van der Waals surface area contributed by atoms with Gasteiger partial charge in [0, 0.05) is 33.3 Å². The average Bonchev–Trinajstić information content (AvgIpc) is 3.16. The first-order chi connectivity index (χ1) is 19.4. The van der Waals surface area contributed by atoms with Crippen molar-refractivity contribution in [3.8, 4) is 11.5 Å². The lowest BCUT2D eigenvalue weighted by atomic mass is 9.96. The fourth-order valence-corrected chi connectivity index (χ4v) is 5.51. The number of carbonyl (C=O) groups excluding carboxylic acids is 5. The maximum Gasteiger partial charge on any atom is 0.303 e. The van der Waals surface area contributed by atoms with Gasteiger partial charge < -0.3 is 33.2 Å². The number of methoxy groups -OCH3 is 2. The highest BCUT2D eigenvalue weighted by Crippen LogP contribution is 2.40. The van der Waals surface area contributed by atoms with E-state index < -0.39 is 67.0 Å². The summed E-state index contributed by atoms with van der Waals surface area (Å²) in [5.74, 6) is -2.68. The lowest BCUT2D eigenvalue weighted by Crippen LogP contribution is -2.66. The molecule has 3 rings (SSSR count). The van der Waals surface area contributed by atoms with Crippen LogP contribution < -0.4 is 9.47 Å². The fourth-order valence-electron chi connectivity index (χ4n) is 4.21. The van der Waals surface area contributed by atoms with E-state index in [1.54, 1.807) is 24.3 Å². The maximum atomic E-state index is 13.7. The number of carbonyl (C=O) groups is 5. The van der Waals surface area contributed by atoms with Crippen LogP contribution in [0.4, 0.5) is 0 Å². The molecule has 2 fully saturated rings. The van der Waals surface area contributed by atoms with Gasteiger partial charge in [-0.05, 0) is 24.3 Å². The molecule has 222 valence electrons. The van der Waals surface area contributed by atoms with Crippen LogP contribution in [0.1, 0.15) is 33.3 Å². The summed E-state index contributed by atoms with van der Waals surface area (Å²) >= 11 is 6.45. The maximum absolute atomic E-state index is 13.7. The number of amides is 1. The molecule has 41 heavy (non-hydrogen) atoms. The Bertz CT molecular complexity index is 1260. The second kappa shape index (κ2) is 13.8. The van der Waals surface area contributed by atoms with Gasteiger partial charge in [0.1, 0.15) is 24.2 Å².